The van der Waals surface area contributed by atoms with E-state index in [4.69, 9.17) is 0 Å². The highest BCUT2D eigenvalue weighted by Crippen LogP contribution is 2.30. The number of nitrogens with one attached hydrogen (secondary N) is 3. The van der Waals surface area contributed by atoms with E-state index in [0.29, 0.717) is 22.0 Å². The summed E-state index contributed by atoms with van der Waals surface area (Å²) in [5.74, 6) is -1.65. The van der Waals surface area contributed by atoms with Crippen LogP contribution in [0.2, 0.25) is 0 Å². The van der Waals surface area contributed by atoms with Gasteiger partial charge < -0.3 is 10.6 Å². The van der Waals surface area contributed by atoms with Gasteiger partial charge in [0.15, 0.2) is 5.13 Å². The second-order valence-electron chi connectivity index (χ2n) is 6.82. The Morgan fingerprint density at radius 2 is 1.72 bits per heavy atom. The summed E-state index contributed by atoms with van der Waals surface area (Å²) in [4.78, 5) is 16.5. The Balaban J connectivity index is 1.49. The van der Waals surface area contributed by atoms with Crippen LogP contribution in [0, 0.1) is 18.6 Å². The molecule has 0 aliphatic carbocycles. The molecule has 3 aromatic carbocycles. The van der Waals surface area contributed by atoms with Gasteiger partial charge in [0.1, 0.15) is 11.6 Å². The number of halogens is 2. The number of anilines is 3. The molecule has 7 nitrogen and oxygen atoms in total. The van der Waals surface area contributed by atoms with Crippen LogP contribution in [-0.2, 0) is 10.0 Å². The summed E-state index contributed by atoms with van der Waals surface area (Å²) >= 11 is 1.10. The number of rotatable bonds is 5. The lowest BCUT2D eigenvalue weighted by Gasteiger charge is -2.08. The molecule has 2 amide bonds. The maximum absolute atomic E-state index is 13.7. The van der Waals surface area contributed by atoms with Gasteiger partial charge in [-0.3, -0.25) is 4.72 Å². The van der Waals surface area contributed by atoms with Crippen LogP contribution < -0.4 is 15.4 Å². The van der Waals surface area contributed by atoms with Crippen molar-refractivity contribution < 1.29 is 22.0 Å². The van der Waals surface area contributed by atoms with Gasteiger partial charge in [0, 0.05) is 11.8 Å². The Labute approximate surface area is 186 Å². The number of carbonyl (C=O) groups excluding carboxylic acids is 1. The Morgan fingerprint density at radius 3 is 2.44 bits per heavy atom. The molecular formula is C21H16F2N4O3S2. The zero-order valence-electron chi connectivity index (χ0n) is 16.5. The molecule has 0 aliphatic heterocycles. The van der Waals surface area contributed by atoms with E-state index in [0.717, 1.165) is 29.0 Å². The second-order valence-corrected chi connectivity index (χ2v) is 9.54. The number of aryl methyl sites for hydroxylation is 1. The normalized spacial score (nSPS) is 11.3. The van der Waals surface area contributed by atoms with E-state index in [2.05, 4.69) is 20.3 Å². The zero-order chi connectivity index (χ0) is 22.9. The number of fused-ring (bicyclic) bond motifs is 1. The highest BCUT2D eigenvalue weighted by molar-refractivity contribution is 7.93. The number of hydrogen-bond acceptors (Lipinski definition) is 5. The molecule has 0 unspecified atom stereocenters. The van der Waals surface area contributed by atoms with Crippen molar-refractivity contribution in [2.45, 2.75) is 11.8 Å². The minimum Gasteiger partial charge on any atom is -0.308 e. The van der Waals surface area contributed by atoms with Crippen molar-refractivity contribution >= 4 is 54.1 Å². The van der Waals surface area contributed by atoms with E-state index in [1.54, 1.807) is 30.3 Å². The summed E-state index contributed by atoms with van der Waals surface area (Å²) in [5, 5.41) is 5.02. The number of amides is 2. The molecule has 4 aromatic rings. The van der Waals surface area contributed by atoms with Crippen molar-refractivity contribution in [3.8, 4) is 0 Å². The monoisotopic (exact) mass is 474 g/mol. The van der Waals surface area contributed by atoms with Gasteiger partial charge in [-0.25, -0.2) is 27.0 Å². The molecule has 0 radical (unpaired) electrons. The average molecular weight is 475 g/mol. The first kappa shape index (κ1) is 21.7. The highest BCUT2D eigenvalue weighted by Gasteiger charge is 2.17. The van der Waals surface area contributed by atoms with Gasteiger partial charge in [-0.15, -0.1) is 0 Å². The van der Waals surface area contributed by atoms with E-state index in [1.165, 1.54) is 12.1 Å². The Kier molecular flexibility index (Phi) is 5.76. The number of nitrogens with zero attached hydrogens (tertiary/aromatic N) is 1. The molecular weight excluding hydrogens is 458 g/mol. The van der Waals surface area contributed by atoms with Crippen molar-refractivity contribution in [1.29, 1.82) is 0 Å². The molecule has 164 valence electrons. The average Bonchev–Trinajstić information content (AvgIpc) is 3.11. The number of aromatic nitrogens is 1. The summed E-state index contributed by atoms with van der Waals surface area (Å²) in [6, 6.07) is 13.3. The van der Waals surface area contributed by atoms with E-state index >= 15 is 0 Å². The van der Waals surface area contributed by atoms with Crippen molar-refractivity contribution in [3.05, 3.63) is 77.9 Å². The van der Waals surface area contributed by atoms with Crippen LogP contribution in [0.3, 0.4) is 0 Å². The molecule has 4 rings (SSSR count). The summed E-state index contributed by atoms with van der Waals surface area (Å²) in [6.45, 7) is 1.86. The molecule has 0 aliphatic rings. The number of sulfonamides is 1. The van der Waals surface area contributed by atoms with Gasteiger partial charge in [-0.1, -0.05) is 29.0 Å². The van der Waals surface area contributed by atoms with Crippen molar-refractivity contribution in [2.75, 3.05) is 15.4 Å². The fourth-order valence-electron chi connectivity index (χ4n) is 2.81. The van der Waals surface area contributed by atoms with E-state index in [1.807, 2.05) is 6.92 Å². The van der Waals surface area contributed by atoms with Crippen LogP contribution in [0.4, 0.5) is 30.1 Å². The molecule has 3 N–H and O–H groups in total. The third-order valence-corrected chi connectivity index (χ3v) is 6.80. The highest BCUT2D eigenvalue weighted by atomic mass is 32.2. The van der Waals surface area contributed by atoms with Gasteiger partial charge >= 0.3 is 6.03 Å². The smallest absolute Gasteiger partial charge is 0.308 e. The quantitative estimate of drug-likeness (QED) is 0.364. The van der Waals surface area contributed by atoms with Crippen LogP contribution in [0.25, 0.3) is 10.2 Å². The maximum atomic E-state index is 13.7. The molecule has 11 heteroatoms. The van der Waals surface area contributed by atoms with Crippen LogP contribution in [0.1, 0.15) is 5.56 Å². The van der Waals surface area contributed by atoms with Gasteiger partial charge in [0.05, 0.1) is 20.8 Å². The zero-order valence-corrected chi connectivity index (χ0v) is 18.2. The minimum absolute atomic E-state index is 0.120. The Morgan fingerprint density at radius 1 is 0.969 bits per heavy atom. The van der Waals surface area contributed by atoms with Gasteiger partial charge in [0.2, 0.25) is 0 Å². The van der Waals surface area contributed by atoms with Gasteiger partial charge in [-0.05, 0) is 49.4 Å². The molecule has 0 spiro atoms. The summed E-state index contributed by atoms with van der Waals surface area (Å²) in [5.41, 5.74) is 1.69. The van der Waals surface area contributed by atoms with E-state index in [9.17, 15) is 22.0 Å². The Hall–Kier alpha value is -3.57. The molecule has 0 atom stereocenters. The van der Waals surface area contributed by atoms with E-state index in [-0.39, 0.29) is 15.7 Å². The summed E-state index contributed by atoms with van der Waals surface area (Å²) in [6.07, 6.45) is 0. The predicted molar refractivity (Wildman–Crippen MR) is 121 cm³/mol. The fraction of sp³-hybridized carbons (Fsp3) is 0.0476. The van der Waals surface area contributed by atoms with Crippen molar-refractivity contribution in [2.24, 2.45) is 0 Å². The molecule has 0 bridgehead atoms. The molecule has 32 heavy (non-hydrogen) atoms. The van der Waals surface area contributed by atoms with Crippen LogP contribution in [0.5, 0.6) is 0 Å². The number of thiazole rings is 1. The molecule has 1 heterocycles. The molecule has 1 aromatic heterocycles. The maximum Gasteiger partial charge on any atom is 0.323 e. The molecule has 0 saturated heterocycles. The molecule has 0 saturated carbocycles. The fourth-order valence-corrected chi connectivity index (χ4v) is 4.95. The number of hydrogen-bond donors (Lipinski definition) is 3. The predicted octanol–water partition coefficient (Wildman–Crippen LogP) is 5.33. The summed E-state index contributed by atoms with van der Waals surface area (Å²) < 4.78 is 54.9. The lowest BCUT2D eigenvalue weighted by molar-refractivity contribution is 0.262. The lowest BCUT2D eigenvalue weighted by Crippen LogP contribution is -2.20. The standard InChI is InChI=1S/C21H16F2N4O3S2/c1-12-2-6-15(7-3-12)32(29,30)27-21-26-18-9-5-14(11-19(18)31-21)24-20(28)25-17-8-4-13(22)10-16(17)23/h2-11H,1H3,(H,26,27)(H2,24,25,28). The first-order valence-corrected chi connectivity index (χ1v) is 11.5. The number of benzene rings is 3. The van der Waals surface area contributed by atoms with Crippen LogP contribution in [0.15, 0.2) is 65.6 Å². The van der Waals surface area contributed by atoms with Gasteiger partial charge in [0.25, 0.3) is 10.0 Å². The number of urea groups is 1. The largest absolute Gasteiger partial charge is 0.323 e. The summed E-state index contributed by atoms with van der Waals surface area (Å²) in [7, 11) is -3.79. The second kappa shape index (κ2) is 8.52. The van der Waals surface area contributed by atoms with Gasteiger partial charge in [-0.2, -0.15) is 0 Å². The Bertz CT molecular complexity index is 1420. The van der Waals surface area contributed by atoms with Crippen LogP contribution in [-0.4, -0.2) is 19.4 Å². The third-order valence-electron chi connectivity index (χ3n) is 4.38. The minimum atomic E-state index is -3.79. The van der Waals surface area contributed by atoms with Crippen molar-refractivity contribution in [3.63, 3.8) is 0 Å². The van der Waals surface area contributed by atoms with E-state index < -0.39 is 27.7 Å². The topological polar surface area (TPSA) is 100 Å². The first-order valence-electron chi connectivity index (χ1n) is 9.23. The van der Waals surface area contributed by atoms with Crippen LogP contribution >= 0.6 is 11.3 Å². The molecule has 0 fully saturated rings. The van der Waals surface area contributed by atoms with Crippen molar-refractivity contribution in [1.82, 2.24) is 4.98 Å². The lowest BCUT2D eigenvalue weighted by atomic mass is 10.2. The number of carbonyl (C=O) groups is 1. The first-order chi connectivity index (χ1) is 15.2. The third kappa shape index (κ3) is 4.84. The SMILES string of the molecule is Cc1ccc(S(=O)(=O)Nc2nc3ccc(NC(=O)Nc4ccc(F)cc4F)cc3s2)cc1.